The quantitative estimate of drug-likeness (QED) is 0.799. The van der Waals surface area contributed by atoms with Crippen LogP contribution in [0.25, 0.3) is 0 Å². The molecule has 1 saturated heterocycles. The van der Waals surface area contributed by atoms with E-state index in [0.717, 1.165) is 19.0 Å². The van der Waals surface area contributed by atoms with Gasteiger partial charge in [-0.2, -0.15) is 0 Å². The number of hydrogen-bond donors (Lipinski definition) is 1. The molecule has 1 fully saturated rings. The monoisotopic (exact) mass is 274 g/mol. The molecule has 0 aliphatic carbocycles. The van der Waals surface area contributed by atoms with Gasteiger partial charge in [0.15, 0.2) is 0 Å². The summed E-state index contributed by atoms with van der Waals surface area (Å²) in [5, 5.41) is 3.26. The molecule has 112 valence electrons. The fourth-order valence-corrected chi connectivity index (χ4v) is 3.26. The molecule has 0 amide bonds. The number of benzene rings is 1. The van der Waals surface area contributed by atoms with E-state index in [4.69, 9.17) is 0 Å². The highest BCUT2D eigenvalue weighted by Gasteiger charge is 2.19. The minimum atomic E-state index is 0.906. The van der Waals surface area contributed by atoms with Crippen molar-refractivity contribution in [1.82, 2.24) is 10.2 Å². The van der Waals surface area contributed by atoms with Crippen LogP contribution in [-0.4, -0.2) is 31.6 Å². The number of nitrogens with one attached hydrogen (secondary N) is 1. The number of piperidine rings is 1. The van der Waals surface area contributed by atoms with Gasteiger partial charge in [0.25, 0.3) is 0 Å². The van der Waals surface area contributed by atoms with Gasteiger partial charge >= 0.3 is 0 Å². The molecule has 0 aromatic heterocycles. The molecule has 1 aliphatic heterocycles. The molecule has 1 heterocycles. The Morgan fingerprint density at radius 3 is 2.85 bits per heavy atom. The van der Waals surface area contributed by atoms with Crippen LogP contribution in [0.4, 0.5) is 0 Å². The van der Waals surface area contributed by atoms with Crippen molar-refractivity contribution in [2.24, 2.45) is 5.92 Å². The first kappa shape index (κ1) is 15.5. The van der Waals surface area contributed by atoms with Crippen molar-refractivity contribution < 1.29 is 0 Å². The Hall–Kier alpha value is -0.860. The predicted molar refractivity (Wildman–Crippen MR) is 87.1 cm³/mol. The van der Waals surface area contributed by atoms with Crippen molar-refractivity contribution in [1.29, 1.82) is 0 Å². The van der Waals surface area contributed by atoms with E-state index in [2.05, 4.69) is 42.3 Å². The van der Waals surface area contributed by atoms with Crippen LogP contribution in [0.2, 0.25) is 0 Å². The zero-order chi connectivity index (χ0) is 14.4. The maximum Gasteiger partial charge on any atom is 0.0233 e. The lowest BCUT2D eigenvalue weighted by Gasteiger charge is -2.33. The molecule has 1 aromatic rings. The van der Waals surface area contributed by atoms with E-state index in [1.165, 1.54) is 55.5 Å². The van der Waals surface area contributed by atoms with Gasteiger partial charge in [0.1, 0.15) is 0 Å². The van der Waals surface area contributed by atoms with Gasteiger partial charge in [-0.3, -0.25) is 4.90 Å². The highest BCUT2D eigenvalue weighted by Crippen LogP contribution is 2.22. The van der Waals surface area contributed by atoms with Gasteiger partial charge in [0.05, 0.1) is 0 Å². The second-order valence-corrected chi connectivity index (χ2v) is 6.41. The Morgan fingerprint density at radius 1 is 1.25 bits per heavy atom. The second kappa shape index (κ2) is 7.80. The maximum absolute atomic E-state index is 3.26. The van der Waals surface area contributed by atoms with Gasteiger partial charge < -0.3 is 5.32 Å². The van der Waals surface area contributed by atoms with Crippen LogP contribution in [-0.2, 0) is 6.54 Å². The fraction of sp³-hybridized carbons (Fsp3) is 0.667. The third kappa shape index (κ3) is 4.60. The molecule has 1 atom stereocenters. The first-order valence-corrected chi connectivity index (χ1v) is 8.12. The van der Waals surface area contributed by atoms with E-state index >= 15 is 0 Å². The van der Waals surface area contributed by atoms with Crippen molar-refractivity contribution in [3.05, 3.63) is 34.9 Å². The van der Waals surface area contributed by atoms with E-state index in [9.17, 15) is 0 Å². The molecule has 2 rings (SSSR count). The van der Waals surface area contributed by atoms with E-state index in [-0.39, 0.29) is 0 Å². The lowest BCUT2D eigenvalue weighted by molar-refractivity contribution is 0.160. The average Bonchev–Trinajstić information content (AvgIpc) is 2.44. The van der Waals surface area contributed by atoms with Gasteiger partial charge in [-0.1, -0.05) is 18.2 Å². The summed E-state index contributed by atoms with van der Waals surface area (Å²) in [4.78, 5) is 2.65. The van der Waals surface area contributed by atoms with Crippen molar-refractivity contribution in [3.8, 4) is 0 Å². The average molecular weight is 274 g/mol. The van der Waals surface area contributed by atoms with Gasteiger partial charge in [0.2, 0.25) is 0 Å². The van der Waals surface area contributed by atoms with Crippen molar-refractivity contribution in [3.63, 3.8) is 0 Å². The highest BCUT2D eigenvalue weighted by molar-refractivity contribution is 5.29. The van der Waals surface area contributed by atoms with Crippen LogP contribution in [0.5, 0.6) is 0 Å². The standard InChI is InChI=1S/C18H30N2/c1-15-8-9-18(12-16(15)2)14-20-11-5-7-17(13-20)6-4-10-19-3/h8-9,12,17,19H,4-7,10-11,13-14H2,1-3H3. The van der Waals surface area contributed by atoms with Crippen LogP contribution >= 0.6 is 0 Å². The number of nitrogens with zero attached hydrogens (tertiary/aromatic N) is 1. The summed E-state index contributed by atoms with van der Waals surface area (Å²) in [6.45, 7) is 9.26. The van der Waals surface area contributed by atoms with Gasteiger partial charge in [0, 0.05) is 13.1 Å². The topological polar surface area (TPSA) is 15.3 Å². The highest BCUT2D eigenvalue weighted by atomic mass is 15.1. The van der Waals surface area contributed by atoms with E-state index in [1.807, 2.05) is 7.05 Å². The van der Waals surface area contributed by atoms with Crippen LogP contribution in [0.3, 0.4) is 0 Å². The number of aryl methyl sites for hydroxylation is 2. The molecule has 0 radical (unpaired) electrons. The maximum atomic E-state index is 3.26. The van der Waals surface area contributed by atoms with Crippen molar-refractivity contribution >= 4 is 0 Å². The summed E-state index contributed by atoms with van der Waals surface area (Å²) < 4.78 is 0. The van der Waals surface area contributed by atoms with Crippen molar-refractivity contribution in [2.45, 2.75) is 46.1 Å². The number of likely N-dealkylation sites (tertiary alicyclic amines) is 1. The summed E-state index contributed by atoms with van der Waals surface area (Å²) in [6, 6.07) is 6.92. The van der Waals surface area contributed by atoms with Gasteiger partial charge in [-0.15, -0.1) is 0 Å². The molecule has 20 heavy (non-hydrogen) atoms. The van der Waals surface area contributed by atoms with Crippen LogP contribution in [0.15, 0.2) is 18.2 Å². The molecule has 1 aliphatic rings. The summed E-state index contributed by atoms with van der Waals surface area (Å²) in [7, 11) is 2.05. The van der Waals surface area contributed by atoms with E-state index in [0.29, 0.717) is 0 Å². The Bertz CT molecular complexity index is 414. The minimum Gasteiger partial charge on any atom is -0.320 e. The predicted octanol–water partition coefficient (Wildman–Crippen LogP) is 3.52. The Morgan fingerprint density at radius 2 is 2.10 bits per heavy atom. The summed E-state index contributed by atoms with van der Waals surface area (Å²) in [5.74, 6) is 0.906. The van der Waals surface area contributed by atoms with Crippen LogP contribution in [0.1, 0.15) is 42.4 Å². The first-order valence-electron chi connectivity index (χ1n) is 8.12. The first-order chi connectivity index (χ1) is 9.69. The minimum absolute atomic E-state index is 0.906. The van der Waals surface area contributed by atoms with E-state index < -0.39 is 0 Å². The van der Waals surface area contributed by atoms with Crippen molar-refractivity contribution in [2.75, 3.05) is 26.7 Å². The molecular formula is C18H30N2. The smallest absolute Gasteiger partial charge is 0.0233 e. The largest absolute Gasteiger partial charge is 0.320 e. The normalized spacial score (nSPS) is 20.2. The Kier molecular flexibility index (Phi) is 6.06. The van der Waals surface area contributed by atoms with E-state index in [1.54, 1.807) is 0 Å². The Balaban J connectivity index is 1.84. The molecule has 1 aromatic carbocycles. The summed E-state index contributed by atoms with van der Waals surface area (Å²) in [5.41, 5.74) is 4.30. The molecule has 1 unspecified atom stereocenters. The summed E-state index contributed by atoms with van der Waals surface area (Å²) >= 11 is 0. The molecule has 0 saturated carbocycles. The fourth-order valence-electron chi connectivity index (χ4n) is 3.26. The molecule has 0 bridgehead atoms. The number of hydrogen-bond acceptors (Lipinski definition) is 2. The summed E-state index contributed by atoms with van der Waals surface area (Å²) in [6.07, 6.45) is 5.49. The SMILES string of the molecule is CNCCCC1CCCN(Cc2ccc(C)c(C)c2)C1. The molecule has 2 nitrogen and oxygen atoms in total. The second-order valence-electron chi connectivity index (χ2n) is 6.41. The molecule has 1 N–H and O–H groups in total. The lowest BCUT2D eigenvalue weighted by atomic mass is 9.93. The zero-order valence-corrected chi connectivity index (χ0v) is 13.4. The third-order valence-electron chi connectivity index (χ3n) is 4.62. The van der Waals surface area contributed by atoms with Gasteiger partial charge in [-0.05, 0) is 82.3 Å². The Labute approximate surface area is 124 Å². The molecular weight excluding hydrogens is 244 g/mol. The molecule has 0 spiro atoms. The lowest BCUT2D eigenvalue weighted by Crippen LogP contribution is -2.35. The van der Waals surface area contributed by atoms with Crippen LogP contribution < -0.4 is 5.32 Å². The third-order valence-corrected chi connectivity index (χ3v) is 4.62. The van der Waals surface area contributed by atoms with Crippen LogP contribution in [0, 0.1) is 19.8 Å². The zero-order valence-electron chi connectivity index (χ0n) is 13.4. The van der Waals surface area contributed by atoms with Gasteiger partial charge in [-0.25, -0.2) is 0 Å². The number of rotatable bonds is 6. The molecule has 2 heteroatoms.